The topological polar surface area (TPSA) is 66.7 Å². The van der Waals surface area contributed by atoms with Crippen molar-refractivity contribution >= 4 is 34.0 Å². The number of nitrogens with zero attached hydrogens (tertiary/aromatic N) is 3. The Morgan fingerprint density at radius 1 is 1.52 bits per heavy atom. The van der Waals surface area contributed by atoms with Crippen molar-refractivity contribution in [3.63, 3.8) is 0 Å². The zero-order valence-electron chi connectivity index (χ0n) is 13.2. The molecule has 2 atom stereocenters. The van der Waals surface area contributed by atoms with Crippen molar-refractivity contribution in [2.24, 2.45) is 0 Å². The minimum Gasteiger partial charge on any atom is -0.336 e. The van der Waals surface area contributed by atoms with Crippen molar-refractivity contribution in [3.8, 4) is 0 Å². The molecule has 3 rings (SSSR count). The highest BCUT2D eigenvalue weighted by Gasteiger charge is 2.27. The van der Waals surface area contributed by atoms with Gasteiger partial charge in [0.25, 0.3) is 5.56 Å². The van der Waals surface area contributed by atoms with Crippen LogP contribution in [0, 0.1) is 0 Å². The van der Waals surface area contributed by atoms with Crippen LogP contribution in [0.1, 0.15) is 19.5 Å². The van der Waals surface area contributed by atoms with Gasteiger partial charge in [0.15, 0.2) is 4.96 Å². The lowest BCUT2D eigenvalue weighted by molar-refractivity contribution is -0.131. The molecule has 23 heavy (non-hydrogen) atoms. The zero-order valence-corrected chi connectivity index (χ0v) is 14.8. The maximum absolute atomic E-state index is 12.4. The van der Waals surface area contributed by atoms with E-state index in [2.05, 4.69) is 24.1 Å². The third kappa shape index (κ3) is 3.59. The standard InChI is InChI=1S/C15H20N4O2S2/c1-10-11(2)18(4-3-16-10)14(21)9-22-8-12-7-13(20)19-5-6-23-15(19)17-12/h5-7,10-11,16H,3-4,8-9H2,1-2H3. The van der Waals surface area contributed by atoms with Gasteiger partial charge in [0.2, 0.25) is 5.91 Å². The Hall–Kier alpha value is -1.38. The van der Waals surface area contributed by atoms with Crippen LogP contribution in [-0.4, -0.2) is 51.1 Å². The predicted molar refractivity (Wildman–Crippen MR) is 94.1 cm³/mol. The second-order valence-electron chi connectivity index (χ2n) is 5.70. The van der Waals surface area contributed by atoms with Crippen molar-refractivity contribution < 1.29 is 4.79 Å². The molecule has 0 aliphatic carbocycles. The number of aromatic nitrogens is 2. The van der Waals surface area contributed by atoms with E-state index in [1.165, 1.54) is 27.5 Å². The summed E-state index contributed by atoms with van der Waals surface area (Å²) in [6, 6.07) is 2.08. The van der Waals surface area contributed by atoms with Gasteiger partial charge < -0.3 is 10.2 Å². The van der Waals surface area contributed by atoms with Gasteiger partial charge in [-0.1, -0.05) is 0 Å². The molecule has 3 heterocycles. The minimum absolute atomic E-state index is 0.0669. The van der Waals surface area contributed by atoms with E-state index in [0.717, 1.165) is 18.8 Å². The van der Waals surface area contributed by atoms with Crippen LogP contribution in [0.2, 0.25) is 0 Å². The van der Waals surface area contributed by atoms with Gasteiger partial charge in [0.1, 0.15) is 0 Å². The van der Waals surface area contributed by atoms with Gasteiger partial charge in [-0.2, -0.15) is 0 Å². The Balaban J connectivity index is 1.57. The number of hydrogen-bond donors (Lipinski definition) is 1. The van der Waals surface area contributed by atoms with Crippen molar-refractivity contribution in [2.45, 2.75) is 31.7 Å². The van der Waals surface area contributed by atoms with Crippen LogP contribution in [-0.2, 0) is 10.5 Å². The Labute approximate surface area is 142 Å². The smallest absolute Gasteiger partial charge is 0.258 e. The first-order chi connectivity index (χ1) is 11.1. The molecule has 0 radical (unpaired) electrons. The van der Waals surface area contributed by atoms with Crippen LogP contribution in [0.25, 0.3) is 4.96 Å². The summed E-state index contributed by atoms with van der Waals surface area (Å²) in [5.74, 6) is 1.15. The van der Waals surface area contributed by atoms with Crippen molar-refractivity contribution in [2.75, 3.05) is 18.8 Å². The highest BCUT2D eigenvalue weighted by atomic mass is 32.2. The van der Waals surface area contributed by atoms with E-state index in [0.29, 0.717) is 22.5 Å². The largest absolute Gasteiger partial charge is 0.336 e. The van der Waals surface area contributed by atoms with Crippen LogP contribution < -0.4 is 10.9 Å². The second-order valence-corrected chi connectivity index (χ2v) is 7.56. The van der Waals surface area contributed by atoms with Gasteiger partial charge in [0, 0.05) is 48.6 Å². The van der Waals surface area contributed by atoms with Crippen molar-refractivity contribution in [3.05, 3.63) is 33.7 Å². The number of nitrogens with one attached hydrogen (secondary N) is 1. The van der Waals surface area contributed by atoms with E-state index in [4.69, 9.17) is 0 Å². The van der Waals surface area contributed by atoms with Gasteiger partial charge in [-0.3, -0.25) is 14.0 Å². The van der Waals surface area contributed by atoms with Crippen molar-refractivity contribution in [1.82, 2.24) is 19.6 Å². The van der Waals surface area contributed by atoms with Crippen LogP contribution >= 0.6 is 23.1 Å². The van der Waals surface area contributed by atoms with Crippen LogP contribution in [0.4, 0.5) is 0 Å². The molecule has 8 heteroatoms. The molecule has 1 saturated heterocycles. The predicted octanol–water partition coefficient (Wildman–Crippen LogP) is 1.20. The Morgan fingerprint density at radius 3 is 3.17 bits per heavy atom. The maximum atomic E-state index is 12.4. The van der Waals surface area contributed by atoms with E-state index in [9.17, 15) is 9.59 Å². The van der Waals surface area contributed by atoms with Crippen LogP contribution in [0.15, 0.2) is 22.4 Å². The Kier molecular flexibility index (Phi) is 5.03. The highest BCUT2D eigenvalue weighted by Crippen LogP contribution is 2.15. The molecular formula is C15H20N4O2S2. The molecule has 124 valence electrons. The first kappa shape index (κ1) is 16.5. The Bertz CT molecular complexity index is 757. The molecule has 2 unspecified atom stereocenters. The number of thiazole rings is 1. The number of carbonyl (C=O) groups is 1. The molecule has 0 bridgehead atoms. The molecule has 1 fully saturated rings. The van der Waals surface area contributed by atoms with E-state index < -0.39 is 0 Å². The number of amides is 1. The fourth-order valence-corrected chi connectivity index (χ4v) is 4.23. The summed E-state index contributed by atoms with van der Waals surface area (Å²) < 4.78 is 1.54. The third-order valence-electron chi connectivity index (χ3n) is 4.19. The summed E-state index contributed by atoms with van der Waals surface area (Å²) in [7, 11) is 0. The summed E-state index contributed by atoms with van der Waals surface area (Å²) in [5.41, 5.74) is 0.666. The molecule has 1 aliphatic rings. The van der Waals surface area contributed by atoms with E-state index >= 15 is 0 Å². The monoisotopic (exact) mass is 352 g/mol. The summed E-state index contributed by atoms with van der Waals surface area (Å²) >= 11 is 2.95. The summed E-state index contributed by atoms with van der Waals surface area (Å²) in [4.78, 5) is 31.4. The Morgan fingerprint density at radius 2 is 2.35 bits per heavy atom. The SMILES string of the molecule is CC1NCCN(C(=O)CSCc2cc(=O)n3ccsc3n2)C1C. The average Bonchev–Trinajstić information content (AvgIpc) is 2.99. The number of thioether (sulfide) groups is 1. The van der Waals surface area contributed by atoms with Gasteiger partial charge in [0.05, 0.1) is 11.4 Å². The van der Waals surface area contributed by atoms with Crippen LogP contribution in [0.3, 0.4) is 0 Å². The van der Waals surface area contributed by atoms with Gasteiger partial charge in [-0.15, -0.1) is 23.1 Å². The average molecular weight is 352 g/mol. The molecule has 0 saturated carbocycles. The first-order valence-electron chi connectivity index (χ1n) is 7.62. The highest BCUT2D eigenvalue weighted by molar-refractivity contribution is 7.99. The lowest BCUT2D eigenvalue weighted by atomic mass is 10.1. The normalized spacial score (nSPS) is 21.7. The molecule has 2 aromatic rings. The van der Waals surface area contributed by atoms with E-state index in [-0.39, 0.29) is 17.5 Å². The lowest BCUT2D eigenvalue weighted by Gasteiger charge is -2.38. The molecule has 0 spiro atoms. The molecule has 0 aromatic carbocycles. The zero-order chi connectivity index (χ0) is 16.4. The lowest BCUT2D eigenvalue weighted by Crippen LogP contribution is -2.57. The molecule has 6 nitrogen and oxygen atoms in total. The fraction of sp³-hybridized carbons (Fsp3) is 0.533. The minimum atomic E-state index is -0.0669. The van der Waals surface area contributed by atoms with E-state index in [1.807, 2.05) is 10.3 Å². The summed E-state index contributed by atoms with van der Waals surface area (Å²) in [6.07, 6.45) is 1.72. The molecule has 1 amide bonds. The second kappa shape index (κ2) is 7.02. The third-order valence-corrected chi connectivity index (χ3v) is 5.89. The molecular weight excluding hydrogens is 332 g/mol. The van der Waals surface area contributed by atoms with Crippen molar-refractivity contribution in [1.29, 1.82) is 0 Å². The molecule has 1 aliphatic heterocycles. The number of hydrogen-bond acceptors (Lipinski definition) is 6. The number of rotatable bonds is 4. The quantitative estimate of drug-likeness (QED) is 0.896. The maximum Gasteiger partial charge on any atom is 0.258 e. The fourth-order valence-electron chi connectivity index (χ4n) is 2.70. The van der Waals surface area contributed by atoms with Gasteiger partial charge in [-0.25, -0.2) is 4.98 Å². The molecule has 2 aromatic heterocycles. The van der Waals surface area contributed by atoms with E-state index in [1.54, 1.807) is 12.3 Å². The summed E-state index contributed by atoms with van der Waals surface area (Å²) in [5, 5.41) is 5.22. The number of fused-ring (bicyclic) bond motifs is 1. The van der Waals surface area contributed by atoms with Gasteiger partial charge in [-0.05, 0) is 13.8 Å². The number of piperazine rings is 1. The molecule has 1 N–H and O–H groups in total. The summed E-state index contributed by atoms with van der Waals surface area (Å²) in [6.45, 7) is 5.78. The first-order valence-corrected chi connectivity index (χ1v) is 9.66. The number of carbonyl (C=O) groups excluding carboxylic acids is 1. The van der Waals surface area contributed by atoms with Gasteiger partial charge >= 0.3 is 0 Å². The van der Waals surface area contributed by atoms with Crippen LogP contribution in [0.5, 0.6) is 0 Å².